The van der Waals surface area contributed by atoms with Gasteiger partial charge in [0.2, 0.25) is 0 Å². The van der Waals surface area contributed by atoms with E-state index < -0.39 is 0 Å². The third-order valence-electron chi connectivity index (χ3n) is 1.75. The van der Waals surface area contributed by atoms with Crippen molar-refractivity contribution in [2.45, 2.75) is 12.8 Å². The van der Waals surface area contributed by atoms with Crippen LogP contribution in [0.15, 0.2) is 0 Å². The van der Waals surface area contributed by atoms with Gasteiger partial charge in [0.25, 0.3) is 0 Å². The van der Waals surface area contributed by atoms with Crippen LogP contribution in [0.5, 0.6) is 0 Å². The van der Waals surface area contributed by atoms with Gasteiger partial charge >= 0.3 is 5.97 Å². The molecule has 0 amide bonds. The number of hydrogen-bond acceptors (Lipinski definition) is 4. The van der Waals surface area contributed by atoms with Gasteiger partial charge in [0.1, 0.15) is 0 Å². The zero-order valence-corrected chi connectivity index (χ0v) is 8.52. The van der Waals surface area contributed by atoms with Crippen LogP contribution in [0.3, 0.4) is 0 Å². The Hall–Kier alpha value is -0.220. The molecule has 72 valence electrons. The molecule has 0 saturated heterocycles. The quantitative estimate of drug-likeness (QED) is 0.633. The first-order valence-corrected chi connectivity index (χ1v) is 5.39. The number of nitrogens with two attached hydrogens (primary N) is 1. The van der Waals surface area contributed by atoms with Crippen LogP contribution in [0, 0.1) is 5.92 Å². The summed E-state index contributed by atoms with van der Waals surface area (Å²) in [5, 5.41) is 0. The van der Waals surface area contributed by atoms with E-state index in [0.717, 1.165) is 12.2 Å². The summed E-state index contributed by atoms with van der Waals surface area (Å²) in [7, 11) is 1.41. The summed E-state index contributed by atoms with van der Waals surface area (Å²) in [5.74, 6) is 1.18. The summed E-state index contributed by atoms with van der Waals surface area (Å²) in [4.78, 5) is 10.9. The van der Waals surface area contributed by atoms with Gasteiger partial charge in [-0.1, -0.05) is 0 Å². The Kier molecular flexibility index (Phi) is 7.29. The van der Waals surface area contributed by atoms with Gasteiger partial charge < -0.3 is 10.5 Å². The largest absolute Gasteiger partial charge is 0.469 e. The van der Waals surface area contributed by atoms with Crippen LogP contribution >= 0.6 is 11.8 Å². The standard InChI is InChI=1S/C8H17NO2S/c1-11-8(10)5-7(6-9)3-4-12-2/h7H,3-6,9H2,1-2H3. The van der Waals surface area contributed by atoms with Gasteiger partial charge in [-0.2, -0.15) is 11.8 Å². The van der Waals surface area contributed by atoms with E-state index in [9.17, 15) is 4.79 Å². The van der Waals surface area contributed by atoms with Gasteiger partial charge in [0.05, 0.1) is 7.11 Å². The van der Waals surface area contributed by atoms with Crippen LogP contribution in [0.25, 0.3) is 0 Å². The van der Waals surface area contributed by atoms with Crippen LogP contribution < -0.4 is 5.73 Å². The Morgan fingerprint density at radius 1 is 1.67 bits per heavy atom. The molecule has 3 nitrogen and oxygen atoms in total. The lowest BCUT2D eigenvalue weighted by atomic mass is 10.0. The molecule has 0 aromatic heterocycles. The van der Waals surface area contributed by atoms with E-state index in [4.69, 9.17) is 5.73 Å². The van der Waals surface area contributed by atoms with E-state index in [2.05, 4.69) is 4.74 Å². The third-order valence-corrected chi connectivity index (χ3v) is 2.39. The maximum absolute atomic E-state index is 10.9. The molecule has 0 aromatic carbocycles. The van der Waals surface area contributed by atoms with Crippen molar-refractivity contribution in [1.82, 2.24) is 0 Å². The van der Waals surface area contributed by atoms with Crippen LogP contribution in [0.2, 0.25) is 0 Å². The maximum atomic E-state index is 10.9. The molecular formula is C8H17NO2S. The van der Waals surface area contributed by atoms with Gasteiger partial charge in [-0.25, -0.2) is 0 Å². The number of rotatable bonds is 6. The predicted octanol–water partition coefficient (Wildman–Crippen LogP) is 0.877. The molecule has 0 aliphatic heterocycles. The fourth-order valence-corrected chi connectivity index (χ4v) is 1.48. The Bertz CT molecular complexity index is 130. The third kappa shape index (κ3) is 5.43. The number of carbonyl (C=O) groups excluding carboxylic acids is 1. The second-order valence-corrected chi connectivity index (χ2v) is 3.65. The van der Waals surface area contributed by atoms with Crippen LogP contribution in [-0.2, 0) is 9.53 Å². The average molecular weight is 191 g/mol. The lowest BCUT2D eigenvalue weighted by Gasteiger charge is -2.11. The van der Waals surface area contributed by atoms with Gasteiger partial charge in [-0.3, -0.25) is 4.79 Å². The Labute approximate surface area is 78.0 Å². The number of methoxy groups -OCH3 is 1. The number of hydrogen-bond donors (Lipinski definition) is 1. The molecule has 0 aromatic rings. The van der Waals surface area contributed by atoms with E-state index in [0.29, 0.717) is 13.0 Å². The molecule has 0 aliphatic carbocycles. The molecule has 0 spiro atoms. The first kappa shape index (κ1) is 11.8. The number of ether oxygens (including phenoxy) is 1. The van der Waals surface area contributed by atoms with Crippen molar-refractivity contribution < 1.29 is 9.53 Å². The van der Waals surface area contributed by atoms with E-state index in [1.807, 2.05) is 6.26 Å². The van der Waals surface area contributed by atoms with Crippen molar-refractivity contribution >= 4 is 17.7 Å². The number of esters is 1. The van der Waals surface area contributed by atoms with Gasteiger partial charge in [0.15, 0.2) is 0 Å². The monoisotopic (exact) mass is 191 g/mol. The highest BCUT2D eigenvalue weighted by atomic mass is 32.2. The second kappa shape index (κ2) is 7.43. The summed E-state index contributed by atoms with van der Waals surface area (Å²) in [6.45, 7) is 0.565. The first-order chi connectivity index (χ1) is 5.74. The van der Waals surface area contributed by atoms with Crippen LogP contribution in [-0.4, -0.2) is 31.6 Å². The highest BCUT2D eigenvalue weighted by Gasteiger charge is 2.11. The molecule has 1 unspecified atom stereocenters. The van der Waals surface area contributed by atoms with E-state index >= 15 is 0 Å². The minimum atomic E-state index is -0.161. The average Bonchev–Trinajstić information content (AvgIpc) is 2.11. The summed E-state index contributed by atoms with van der Waals surface area (Å²) in [6, 6.07) is 0. The molecule has 0 radical (unpaired) electrons. The van der Waals surface area contributed by atoms with Crippen molar-refractivity contribution in [3.05, 3.63) is 0 Å². The Morgan fingerprint density at radius 3 is 2.75 bits per heavy atom. The predicted molar refractivity (Wildman–Crippen MR) is 52.2 cm³/mol. The normalized spacial score (nSPS) is 12.6. The number of carbonyl (C=O) groups is 1. The zero-order valence-electron chi connectivity index (χ0n) is 7.71. The Morgan fingerprint density at radius 2 is 2.33 bits per heavy atom. The summed E-state index contributed by atoms with van der Waals surface area (Å²) >= 11 is 1.77. The van der Waals surface area contributed by atoms with Crippen molar-refractivity contribution in [3.63, 3.8) is 0 Å². The fourth-order valence-electron chi connectivity index (χ4n) is 0.907. The lowest BCUT2D eigenvalue weighted by molar-refractivity contribution is -0.141. The van der Waals surface area contributed by atoms with E-state index in [-0.39, 0.29) is 11.9 Å². The molecule has 0 bridgehead atoms. The molecule has 2 N–H and O–H groups in total. The van der Waals surface area contributed by atoms with Crippen molar-refractivity contribution in [2.24, 2.45) is 11.7 Å². The van der Waals surface area contributed by atoms with E-state index in [1.165, 1.54) is 7.11 Å². The molecule has 0 rings (SSSR count). The molecule has 0 saturated carbocycles. The maximum Gasteiger partial charge on any atom is 0.305 e. The lowest BCUT2D eigenvalue weighted by Crippen LogP contribution is -2.19. The summed E-state index contributed by atoms with van der Waals surface area (Å²) in [6.07, 6.45) is 3.49. The molecule has 0 aliphatic rings. The zero-order chi connectivity index (χ0) is 9.40. The van der Waals surface area contributed by atoms with Crippen LogP contribution in [0.4, 0.5) is 0 Å². The van der Waals surface area contributed by atoms with Gasteiger partial charge in [-0.15, -0.1) is 0 Å². The van der Waals surface area contributed by atoms with Crippen molar-refractivity contribution in [2.75, 3.05) is 25.7 Å². The van der Waals surface area contributed by atoms with Crippen molar-refractivity contribution in [1.29, 1.82) is 0 Å². The summed E-state index contributed by atoms with van der Waals surface area (Å²) in [5.41, 5.74) is 5.50. The minimum Gasteiger partial charge on any atom is -0.469 e. The van der Waals surface area contributed by atoms with Gasteiger partial charge in [-0.05, 0) is 30.9 Å². The summed E-state index contributed by atoms with van der Waals surface area (Å²) < 4.78 is 4.56. The molecule has 12 heavy (non-hydrogen) atoms. The second-order valence-electron chi connectivity index (χ2n) is 2.66. The van der Waals surface area contributed by atoms with Crippen LogP contribution in [0.1, 0.15) is 12.8 Å². The van der Waals surface area contributed by atoms with Crippen molar-refractivity contribution in [3.8, 4) is 0 Å². The SMILES string of the molecule is COC(=O)CC(CN)CCSC. The first-order valence-electron chi connectivity index (χ1n) is 4.00. The number of thioether (sulfide) groups is 1. The highest BCUT2D eigenvalue weighted by Crippen LogP contribution is 2.10. The highest BCUT2D eigenvalue weighted by molar-refractivity contribution is 7.98. The molecule has 4 heteroatoms. The minimum absolute atomic E-state index is 0.161. The topological polar surface area (TPSA) is 52.3 Å². The Balaban J connectivity index is 3.59. The molecule has 1 atom stereocenters. The molecular weight excluding hydrogens is 174 g/mol. The fraction of sp³-hybridized carbons (Fsp3) is 0.875. The van der Waals surface area contributed by atoms with E-state index in [1.54, 1.807) is 11.8 Å². The molecule has 0 fully saturated rings. The van der Waals surface area contributed by atoms with Gasteiger partial charge in [0, 0.05) is 6.42 Å². The molecule has 0 heterocycles. The smallest absolute Gasteiger partial charge is 0.305 e.